The summed E-state index contributed by atoms with van der Waals surface area (Å²) in [6, 6.07) is 3.08. The summed E-state index contributed by atoms with van der Waals surface area (Å²) in [5, 5.41) is 2.69. The highest BCUT2D eigenvalue weighted by Gasteiger charge is 2.43. The van der Waals surface area contributed by atoms with Crippen LogP contribution in [0.5, 0.6) is 5.75 Å². The molecule has 2 amide bonds. The minimum atomic E-state index is -3.83. The van der Waals surface area contributed by atoms with Crippen LogP contribution in [-0.4, -0.2) is 81.2 Å². The van der Waals surface area contributed by atoms with E-state index >= 15 is 0 Å². The molecule has 5 rings (SSSR count). The molecular weight excluding hydrogens is 450 g/mol. The number of likely N-dealkylation sites (tertiary alicyclic amines) is 1. The Labute approximate surface area is 193 Å². The van der Waals surface area contributed by atoms with Crippen LogP contribution in [-0.2, 0) is 29.1 Å². The van der Waals surface area contributed by atoms with Gasteiger partial charge < -0.3 is 24.4 Å². The van der Waals surface area contributed by atoms with Gasteiger partial charge in [0.2, 0.25) is 15.9 Å². The molecule has 180 valence electrons. The van der Waals surface area contributed by atoms with Crippen LogP contribution in [0.4, 0.5) is 5.69 Å². The van der Waals surface area contributed by atoms with Gasteiger partial charge in [0.25, 0.3) is 5.91 Å². The predicted molar refractivity (Wildman–Crippen MR) is 117 cm³/mol. The molecule has 0 radical (unpaired) electrons. The normalized spacial score (nSPS) is 25.4. The number of hydrogen-bond acceptors (Lipinski definition) is 7. The van der Waals surface area contributed by atoms with E-state index in [4.69, 9.17) is 14.2 Å². The number of hydrogen-bond donors (Lipinski definition) is 1. The maximum absolute atomic E-state index is 13.5. The van der Waals surface area contributed by atoms with Crippen molar-refractivity contribution >= 4 is 27.5 Å². The first kappa shape index (κ1) is 22.6. The summed E-state index contributed by atoms with van der Waals surface area (Å²) >= 11 is 0. The van der Waals surface area contributed by atoms with Crippen molar-refractivity contribution in [3.05, 3.63) is 17.7 Å². The second-order valence-corrected chi connectivity index (χ2v) is 11.0. The van der Waals surface area contributed by atoms with Crippen molar-refractivity contribution in [2.75, 3.05) is 51.3 Å². The average molecular weight is 480 g/mol. The third-order valence-corrected chi connectivity index (χ3v) is 8.92. The Bertz CT molecular complexity index is 1060. The van der Waals surface area contributed by atoms with Crippen LogP contribution < -0.4 is 10.1 Å². The lowest BCUT2D eigenvalue weighted by molar-refractivity contribution is -0.188. The summed E-state index contributed by atoms with van der Waals surface area (Å²) in [7, 11) is -3.83. The number of sulfonamides is 1. The molecule has 0 unspecified atom stereocenters. The van der Waals surface area contributed by atoms with E-state index in [1.54, 1.807) is 13.0 Å². The molecule has 10 nitrogen and oxygen atoms in total. The van der Waals surface area contributed by atoms with Crippen molar-refractivity contribution in [1.29, 1.82) is 0 Å². The molecule has 4 aliphatic heterocycles. The highest BCUT2D eigenvalue weighted by atomic mass is 32.2. The zero-order valence-corrected chi connectivity index (χ0v) is 19.5. The highest BCUT2D eigenvalue weighted by Crippen LogP contribution is 2.36. The molecule has 0 aliphatic carbocycles. The number of piperidine rings is 2. The summed E-state index contributed by atoms with van der Waals surface area (Å²) < 4.78 is 45.3. The molecule has 33 heavy (non-hydrogen) atoms. The third-order valence-electron chi connectivity index (χ3n) is 6.91. The fourth-order valence-electron chi connectivity index (χ4n) is 5.11. The first-order chi connectivity index (χ1) is 15.8. The Balaban J connectivity index is 1.29. The van der Waals surface area contributed by atoms with Gasteiger partial charge in [-0.3, -0.25) is 9.59 Å². The zero-order valence-electron chi connectivity index (χ0n) is 18.7. The quantitative estimate of drug-likeness (QED) is 0.690. The molecule has 0 aromatic heterocycles. The number of fused-ring (bicyclic) bond motifs is 1. The van der Waals surface area contributed by atoms with Gasteiger partial charge in [0.1, 0.15) is 5.75 Å². The summed E-state index contributed by atoms with van der Waals surface area (Å²) in [5.74, 6) is -0.867. The van der Waals surface area contributed by atoms with E-state index in [0.717, 1.165) is 0 Å². The van der Waals surface area contributed by atoms with Crippen molar-refractivity contribution < 1.29 is 32.2 Å². The Hall–Kier alpha value is -2.21. The standard InChI is InChI=1S/C22H29N3O7S/c1-15-11-17-18(30-14-20(26)23-17)12-19(15)33(28,29)25-6-2-3-16(13-25)21(27)24-7-4-22(5-8-24)31-9-10-32-22/h11-12,16H,2-10,13-14H2,1H3,(H,23,26)/t16-/m1/s1. The van der Waals surface area contributed by atoms with E-state index in [0.29, 0.717) is 75.5 Å². The van der Waals surface area contributed by atoms with Gasteiger partial charge in [-0.15, -0.1) is 0 Å². The Morgan fingerprint density at radius 2 is 1.88 bits per heavy atom. The third kappa shape index (κ3) is 4.23. The summed E-state index contributed by atoms with van der Waals surface area (Å²) in [6.07, 6.45) is 2.56. The van der Waals surface area contributed by atoms with Gasteiger partial charge in [0.15, 0.2) is 12.4 Å². The molecule has 4 aliphatic rings. The van der Waals surface area contributed by atoms with Gasteiger partial charge in [0.05, 0.1) is 29.7 Å². The first-order valence-corrected chi connectivity index (χ1v) is 12.9. The van der Waals surface area contributed by atoms with Gasteiger partial charge in [0, 0.05) is 45.1 Å². The van der Waals surface area contributed by atoms with Crippen LogP contribution in [0.15, 0.2) is 17.0 Å². The van der Waals surface area contributed by atoms with Crippen molar-refractivity contribution in [3.63, 3.8) is 0 Å². The number of carbonyl (C=O) groups is 2. The molecule has 3 saturated heterocycles. The van der Waals surface area contributed by atoms with Crippen LogP contribution in [0.2, 0.25) is 0 Å². The van der Waals surface area contributed by atoms with Crippen LogP contribution in [0.25, 0.3) is 0 Å². The second-order valence-electron chi connectivity index (χ2n) is 9.09. The van der Waals surface area contributed by atoms with Gasteiger partial charge in [-0.1, -0.05) is 0 Å². The van der Waals surface area contributed by atoms with Crippen LogP contribution in [0.1, 0.15) is 31.2 Å². The van der Waals surface area contributed by atoms with E-state index in [2.05, 4.69) is 5.32 Å². The van der Waals surface area contributed by atoms with Crippen molar-refractivity contribution in [2.45, 2.75) is 43.3 Å². The van der Waals surface area contributed by atoms with Crippen LogP contribution in [0.3, 0.4) is 0 Å². The minimum absolute atomic E-state index is 0.00374. The molecule has 11 heteroatoms. The van der Waals surface area contributed by atoms with Crippen LogP contribution >= 0.6 is 0 Å². The van der Waals surface area contributed by atoms with Gasteiger partial charge in [-0.25, -0.2) is 8.42 Å². The minimum Gasteiger partial charge on any atom is -0.482 e. The van der Waals surface area contributed by atoms with Gasteiger partial charge in [-0.2, -0.15) is 4.31 Å². The molecule has 4 heterocycles. The monoisotopic (exact) mass is 479 g/mol. The Morgan fingerprint density at radius 3 is 2.61 bits per heavy atom. The number of rotatable bonds is 3. The number of benzene rings is 1. The van der Waals surface area contributed by atoms with E-state index < -0.39 is 15.8 Å². The molecule has 0 bridgehead atoms. The lowest BCUT2D eigenvalue weighted by Crippen LogP contribution is -2.51. The van der Waals surface area contributed by atoms with Gasteiger partial charge in [-0.05, 0) is 31.4 Å². The predicted octanol–water partition coefficient (Wildman–Crippen LogP) is 1.09. The number of ether oxygens (including phenoxy) is 3. The molecule has 3 fully saturated rings. The van der Waals surface area contributed by atoms with Crippen molar-refractivity contribution in [2.24, 2.45) is 5.92 Å². The molecule has 1 spiro atoms. The number of nitrogens with one attached hydrogen (secondary N) is 1. The molecule has 1 aromatic carbocycles. The largest absolute Gasteiger partial charge is 0.482 e. The Kier molecular flexibility index (Phi) is 5.84. The fourth-order valence-corrected chi connectivity index (χ4v) is 6.85. The number of anilines is 1. The molecular formula is C22H29N3O7S. The summed E-state index contributed by atoms with van der Waals surface area (Å²) in [5.41, 5.74) is 0.985. The topological polar surface area (TPSA) is 114 Å². The number of aryl methyl sites for hydroxylation is 1. The van der Waals surface area contributed by atoms with E-state index in [9.17, 15) is 18.0 Å². The lowest BCUT2D eigenvalue weighted by Gasteiger charge is -2.40. The van der Waals surface area contributed by atoms with Crippen molar-refractivity contribution in [1.82, 2.24) is 9.21 Å². The number of carbonyl (C=O) groups excluding carboxylic acids is 2. The lowest BCUT2D eigenvalue weighted by atomic mass is 9.96. The molecule has 0 saturated carbocycles. The van der Waals surface area contributed by atoms with E-state index in [-0.39, 0.29) is 35.8 Å². The van der Waals surface area contributed by atoms with Crippen LogP contribution in [0, 0.1) is 12.8 Å². The summed E-state index contributed by atoms with van der Waals surface area (Å²) in [6.45, 7) is 4.34. The second kappa shape index (κ2) is 8.53. The maximum atomic E-state index is 13.5. The average Bonchev–Trinajstić information content (AvgIpc) is 3.26. The van der Waals surface area contributed by atoms with Gasteiger partial charge >= 0.3 is 0 Å². The fraction of sp³-hybridized carbons (Fsp3) is 0.636. The van der Waals surface area contributed by atoms with E-state index in [1.807, 2.05) is 4.90 Å². The molecule has 1 atom stereocenters. The number of nitrogens with zero attached hydrogens (tertiary/aromatic N) is 2. The number of amides is 2. The SMILES string of the molecule is Cc1cc2c(cc1S(=O)(=O)N1CCC[C@@H](C(=O)N3CCC4(CC3)OCCO4)C1)OCC(=O)N2. The first-order valence-electron chi connectivity index (χ1n) is 11.4. The van der Waals surface area contributed by atoms with E-state index in [1.165, 1.54) is 10.4 Å². The molecule has 1 aromatic rings. The smallest absolute Gasteiger partial charge is 0.262 e. The molecule has 1 N–H and O–H groups in total. The Morgan fingerprint density at radius 1 is 1.15 bits per heavy atom. The zero-order chi connectivity index (χ0) is 23.2. The maximum Gasteiger partial charge on any atom is 0.262 e. The summed E-state index contributed by atoms with van der Waals surface area (Å²) in [4.78, 5) is 26.7. The van der Waals surface area contributed by atoms with Crippen molar-refractivity contribution in [3.8, 4) is 5.75 Å². The highest BCUT2D eigenvalue weighted by molar-refractivity contribution is 7.89.